The van der Waals surface area contributed by atoms with Gasteiger partial charge in [0.25, 0.3) is 5.69 Å². The highest BCUT2D eigenvalue weighted by Gasteiger charge is 2.14. The molecule has 19 heavy (non-hydrogen) atoms. The molecule has 96 valence electrons. The number of benzene rings is 2. The Morgan fingerprint density at radius 3 is 2.21 bits per heavy atom. The summed E-state index contributed by atoms with van der Waals surface area (Å²) in [6.45, 7) is 0. The maximum Gasteiger partial charge on any atom is 0.335 e. The quantitative estimate of drug-likeness (QED) is 0.651. The fourth-order valence-corrected chi connectivity index (χ4v) is 1.66. The highest BCUT2D eigenvalue weighted by Crippen LogP contribution is 2.27. The summed E-state index contributed by atoms with van der Waals surface area (Å²) in [6.07, 6.45) is 0. The molecule has 0 saturated carbocycles. The van der Waals surface area contributed by atoms with Crippen LogP contribution in [-0.4, -0.2) is 21.1 Å². The lowest BCUT2D eigenvalue weighted by Crippen LogP contribution is -1.99. The summed E-state index contributed by atoms with van der Waals surface area (Å²) < 4.78 is 0. The van der Waals surface area contributed by atoms with Crippen LogP contribution in [-0.2, 0) is 0 Å². The predicted molar refractivity (Wildman–Crippen MR) is 67.2 cm³/mol. The van der Waals surface area contributed by atoms with Gasteiger partial charge in [-0.15, -0.1) is 0 Å². The van der Waals surface area contributed by atoms with Gasteiger partial charge in [-0.05, 0) is 29.3 Å². The van der Waals surface area contributed by atoms with E-state index in [1.165, 1.54) is 24.3 Å². The molecule has 0 saturated heterocycles. The van der Waals surface area contributed by atoms with Crippen molar-refractivity contribution in [2.24, 2.45) is 0 Å². The number of aromatic carboxylic acids is 1. The predicted octanol–water partition coefficient (Wildman–Crippen LogP) is 2.67. The third kappa shape index (κ3) is 2.68. The molecule has 2 aromatic rings. The van der Waals surface area contributed by atoms with Crippen molar-refractivity contribution in [3.63, 3.8) is 0 Å². The normalized spacial score (nSPS) is 10.1. The van der Waals surface area contributed by atoms with Crippen LogP contribution < -0.4 is 0 Å². The highest BCUT2D eigenvalue weighted by molar-refractivity contribution is 5.90. The lowest BCUT2D eigenvalue weighted by Gasteiger charge is -2.04. The van der Waals surface area contributed by atoms with E-state index in [2.05, 4.69) is 0 Å². The first-order chi connectivity index (χ1) is 8.97. The van der Waals surface area contributed by atoms with E-state index in [0.29, 0.717) is 11.1 Å². The van der Waals surface area contributed by atoms with Gasteiger partial charge in [0, 0.05) is 12.1 Å². The number of phenolic OH excluding ortho intramolecular Hbond substituents is 1. The van der Waals surface area contributed by atoms with Crippen LogP contribution in [0.2, 0.25) is 0 Å². The molecule has 6 nitrogen and oxygen atoms in total. The maximum absolute atomic E-state index is 11.0. The molecule has 0 amide bonds. The van der Waals surface area contributed by atoms with Crippen molar-refractivity contribution in [1.82, 2.24) is 0 Å². The molecule has 6 heteroatoms. The summed E-state index contributed by atoms with van der Waals surface area (Å²) in [5.41, 5.74) is 0.552. The molecule has 0 fully saturated rings. The molecule has 2 aromatic carbocycles. The molecular formula is C13H9NO5. The molecule has 0 unspecified atom stereocenters. The summed E-state index contributed by atoms with van der Waals surface area (Å²) in [5.74, 6) is -1.17. The number of carboxylic acids is 1. The zero-order chi connectivity index (χ0) is 14.0. The van der Waals surface area contributed by atoms with Crippen molar-refractivity contribution in [3.05, 3.63) is 58.1 Å². The van der Waals surface area contributed by atoms with Crippen molar-refractivity contribution >= 4 is 11.7 Å². The fourth-order valence-electron chi connectivity index (χ4n) is 1.66. The topological polar surface area (TPSA) is 101 Å². The standard InChI is InChI=1S/C13H9NO5/c15-12-3-1-8(2-4-12)9-5-10(13(16)17)7-11(6-9)14(18)19/h1-7,15H,(H,16,17). The van der Waals surface area contributed by atoms with Gasteiger partial charge >= 0.3 is 5.97 Å². The first-order valence-corrected chi connectivity index (χ1v) is 5.29. The van der Waals surface area contributed by atoms with Gasteiger partial charge in [0.1, 0.15) is 5.75 Å². The lowest BCUT2D eigenvalue weighted by molar-refractivity contribution is -0.384. The van der Waals surface area contributed by atoms with Crippen molar-refractivity contribution in [2.75, 3.05) is 0 Å². The minimum Gasteiger partial charge on any atom is -0.508 e. The number of non-ortho nitro benzene ring substituents is 1. The molecule has 0 aliphatic heterocycles. The summed E-state index contributed by atoms with van der Waals surface area (Å²) in [4.78, 5) is 21.1. The Bertz CT molecular complexity index is 616. The van der Waals surface area contributed by atoms with Crippen LogP contribution in [0.3, 0.4) is 0 Å². The Morgan fingerprint density at radius 1 is 1.05 bits per heavy atom. The van der Waals surface area contributed by atoms with E-state index in [1.54, 1.807) is 12.1 Å². The van der Waals surface area contributed by atoms with Gasteiger partial charge in [0.05, 0.1) is 10.5 Å². The van der Waals surface area contributed by atoms with E-state index < -0.39 is 10.9 Å². The second-order valence-corrected chi connectivity index (χ2v) is 3.88. The average Bonchev–Trinajstić information content (AvgIpc) is 2.39. The Labute approximate surface area is 107 Å². The SMILES string of the molecule is O=C(O)c1cc(-c2ccc(O)cc2)cc([N+](=O)[O-])c1. The lowest BCUT2D eigenvalue weighted by atomic mass is 10.0. The maximum atomic E-state index is 11.0. The smallest absolute Gasteiger partial charge is 0.335 e. The number of nitro benzene ring substituents is 1. The van der Waals surface area contributed by atoms with E-state index in [0.717, 1.165) is 6.07 Å². The Kier molecular flexibility index (Phi) is 3.15. The Morgan fingerprint density at radius 2 is 1.68 bits per heavy atom. The van der Waals surface area contributed by atoms with Crippen LogP contribution in [0.15, 0.2) is 42.5 Å². The van der Waals surface area contributed by atoms with E-state index in [9.17, 15) is 20.0 Å². The second kappa shape index (κ2) is 4.77. The van der Waals surface area contributed by atoms with Gasteiger partial charge in [-0.1, -0.05) is 12.1 Å². The number of carbonyl (C=O) groups is 1. The third-order valence-corrected chi connectivity index (χ3v) is 2.58. The first kappa shape index (κ1) is 12.6. The van der Waals surface area contributed by atoms with Gasteiger partial charge in [-0.3, -0.25) is 10.1 Å². The third-order valence-electron chi connectivity index (χ3n) is 2.58. The molecule has 2 N–H and O–H groups in total. The molecule has 0 aliphatic rings. The molecule has 2 rings (SSSR count). The average molecular weight is 259 g/mol. The molecule has 0 atom stereocenters. The number of hydrogen-bond acceptors (Lipinski definition) is 4. The summed E-state index contributed by atoms with van der Waals surface area (Å²) in [6, 6.07) is 9.61. The number of nitro groups is 1. The van der Waals surface area contributed by atoms with Crippen LogP contribution in [0.1, 0.15) is 10.4 Å². The number of hydrogen-bond donors (Lipinski definition) is 2. The van der Waals surface area contributed by atoms with E-state index in [4.69, 9.17) is 5.11 Å². The Balaban J connectivity index is 2.59. The van der Waals surface area contributed by atoms with E-state index >= 15 is 0 Å². The zero-order valence-electron chi connectivity index (χ0n) is 9.61. The highest BCUT2D eigenvalue weighted by atomic mass is 16.6. The van der Waals surface area contributed by atoms with Gasteiger partial charge in [0.15, 0.2) is 0 Å². The number of nitrogens with zero attached hydrogens (tertiary/aromatic N) is 1. The van der Waals surface area contributed by atoms with Gasteiger partial charge in [-0.2, -0.15) is 0 Å². The zero-order valence-corrected chi connectivity index (χ0v) is 9.61. The molecule has 0 spiro atoms. The summed E-state index contributed by atoms with van der Waals surface area (Å²) in [5, 5.41) is 28.9. The minimum absolute atomic E-state index is 0.0626. The molecule has 0 aromatic heterocycles. The van der Waals surface area contributed by atoms with Crippen molar-refractivity contribution < 1.29 is 19.9 Å². The first-order valence-electron chi connectivity index (χ1n) is 5.29. The fraction of sp³-hybridized carbons (Fsp3) is 0. The molecule has 0 heterocycles. The van der Waals surface area contributed by atoms with Crippen molar-refractivity contribution in [1.29, 1.82) is 0 Å². The van der Waals surface area contributed by atoms with Gasteiger partial charge in [0.2, 0.25) is 0 Å². The molecular weight excluding hydrogens is 250 g/mol. The van der Waals surface area contributed by atoms with Crippen LogP contribution in [0.4, 0.5) is 5.69 Å². The number of aromatic hydroxyl groups is 1. The molecule has 0 radical (unpaired) electrons. The molecule has 0 bridgehead atoms. The second-order valence-electron chi connectivity index (χ2n) is 3.88. The molecule has 0 aliphatic carbocycles. The monoisotopic (exact) mass is 259 g/mol. The van der Waals surface area contributed by atoms with E-state index in [-0.39, 0.29) is 17.0 Å². The number of phenols is 1. The van der Waals surface area contributed by atoms with Gasteiger partial charge < -0.3 is 10.2 Å². The summed E-state index contributed by atoms with van der Waals surface area (Å²) in [7, 11) is 0. The van der Waals surface area contributed by atoms with Crippen LogP contribution in [0.5, 0.6) is 5.75 Å². The van der Waals surface area contributed by atoms with Crippen molar-refractivity contribution in [2.45, 2.75) is 0 Å². The Hall–Kier alpha value is -2.89. The van der Waals surface area contributed by atoms with Crippen molar-refractivity contribution in [3.8, 4) is 16.9 Å². The van der Waals surface area contributed by atoms with Crippen LogP contribution in [0.25, 0.3) is 11.1 Å². The minimum atomic E-state index is -1.23. The van der Waals surface area contributed by atoms with E-state index in [1.807, 2.05) is 0 Å². The van der Waals surface area contributed by atoms with Crippen LogP contribution in [0, 0.1) is 10.1 Å². The summed E-state index contributed by atoms with van der Waals surface area (Å²) >= 11 is 0. The number of rotatable bonds is 3. The van der Waals surface area contributed by atoms with Crippen LogP contribution >= 0.6 is 0 Å². The number of carboxylic acid groups (broad SMARTS) is 1. The van der Waals surface area contributed by atoms with Gasteiger partial charge in [-0.25, -0.2) is 4.79 Å². The largest absolute Gasteiger partial charge is 0.508 e.